The van der Waals surface area contributed by atoms with E-state index in [1.165, 1.54) is 6.08 Å². The number of carbonyl (C=O) groups excluding carboxylic acids is 1. The largest absolute Gasteiger partial charge is 0.480 e. The van der Waals surface area contributed by atoms with Gasteiger partial charge in [0.05, 0.1) is 10.0 Å². The van der Waals surface area contributed by atoms with Crippen LogP contribution in [0.3, 0.4) is 0 Å². The summed E-state index contributed by atoms with van der Waals surface area (Å²) in [4.78, 5) is 22.8. The minimum atomic E-state index is -1.03. The summed E-state index contributed by atoms with van der Waals surface area (Å²) in [7, 11) is 0. The van der Waals surface area contributed by atoms with Crippen molar-refractivity contribution in [2.45, 2.75) is 32.2 Å². The third kappa shape index (κ3) is 6.19. The zero-order valence-corrected chi connectivity index (χ0v) is 13.1. The Balaban J connectivity index is 2.64. The van der Waals surface area contributed by atoms with E-state index in [0.717, 1.165) is 12.8 Å². The number of halogens is 2. The van der Waals surface area contributed by atoms with Gasteiger partial charge in [-0.05, 0) is 30.2 Å². The first-order chi connectivity index (χ1) is 9.93. The summed E-state index contributed by atoms with van der Waals surface area (Å²) in [5.41, 5.74) is 0.708. The fourth-order valence-electron chi connectivity index (χ4n) is 1.67. The molecule has 0 saturated heterocycles. The van der Waals surface area contributed by atoms with E-state index in [0.29, 0.717) is 22.0 Å². The highest BCUT2D eigenvalue weighted by atomic mass is 35.5. The summed E-state index contributed by atoms with van der Waals surface area (Å²) in [5.74, 6) is -1.48. The zero-order chi connectivity index (χ0) is 15.8. The van der Waals surface area contributed by atoms with Gasteiger partial charge in [-0.3, -0.25) is 4.79 Å². The smallest absolute Gasteiger partial charge is 0.326 e. The molecule has 0 saturated carbocycles. The molecule has 1 aromatic rings. The highest BCUT2D eigenvalue weighted by Crippen LogP contribution is 2.23. The van der Waals surface area contributed by atoms with Gasteiger partial charge in [0.15, 0.2) is 0 Å². The molecule has 6 heteroatoms. The number of amides is 1. The highest BCUT2D eigenvalue weighted by molar-refractivity contribution is 6.42. The van der Waals surface area contributed by atoms with E-state index in [9.17, 15) is 9.59 Å². The summed E-state index contributed by atoms with van der Waals surface area (Å²) < 4.78 is 0. The predicted molar refractivity (Wildman–Crippen MR) is 84.6 cm³/mol. The number of hydrogen-bond acceptors (Lipinski definition) is 2. The number of aliphatic carboxylic acids is 1. The first-order valence-electron chi connectivity index (χ1n) is 6.60. The molecule has 0 aliphatic rings. The summed E-state index contributed by atoms with van der Waals surface area (Å²) in [6, 6.07) is 4.10. The third-order valence-electron chi connectivity index (χ3n) is 2.83. The van der Waals surface area contributed by atoms with Gasteiger partial charge in [-0.25, -0.2) is 4.79 Å². The van der Waals surface area contributed by atoms with Crippen molar-refractivity contribution >= 4 is 41.2 Å². The van der Waals surface area contributed by atoms with Gasteiger partial charge in [0.2, 0.25) is 5.91 Å². The maximum Gasteiger partial charge on any atom is 0.326 e. The van der Waals surface area contributed by atoms with E-state index < -0.39 is 17.9 Å². The topological polar surface area (TPSA) is 66.4 Å². The summed E-state index contributed by atoms with van der Waals surface area (Å²) in [6.45, 7) is 1.96. The van der Waals surface area contributed by atoms with E-state index >= 15 is 0 Å². The molecule has 1 aromatic carbocycles. The number of carboxylic acids is 1. The van der Waals surface area contributed by atoms with Gasteiger partial charge in [0, 0.05) is 6.08 Å². The second kappa shape index (κ2) is 8.70. The van der Waals surface area contributed by atoms with Crippen LogP contribution in [0, 0.1) is 0 Å². The lowest BCUT2D eigenvalue weighted by Crippen LogP contribution is -2.39. The lowest BCUT2D eigenvalue weighted by molar-refractivity contribution is -0.141. The van der Waals surface area contributed by atoms with E-state index in [-0.39, 0.29) is 0 Å². The van der Waals surface area contributed by atoms with Crippen LogP contribution in [0.5, 0.6) is 0 Å². The molecule has 0 aromatic heterocycles. The van der Waals surface area contributed by atoms with E-state index in [1.54, 1.807) is 24.3 Å². The number of nitrogens with one attached hydrogen (secondary N) is 1. The zero-order valence-electron chi connectivity index (χ0n) is 11.6. The Morgan fingerprint density at radius 2 is 2.05 bits per heavy atom. The van der Waals surface area contributed by atoms with Crippen molar-refractivity contribution in [1.29, 1.82) is 0 Å². The Morgan fingerprint density at radius 1 is 1.33 bits per heavy atom. The molecule has 0 aliphatic carbocycles. The van der Waals surface area contributed by atoms with E-state index in [1.807, 2.05) is 6.92 Å². The Labute approximate surface area is 133 Å². The van der Waals surface area contributed by atoms with Crippen LogP contribution in [0.25, 0.3) is 6.08 Å². The molecule has 0 spiro atoms. The van der Waals surface area contributed by atoms with Crippen molar-refractivity contribution in [2.24, 2.45) is 0 Å². The lowest BCUT2D eigenvalue weighted by Gasteiger charge is -2.12. The number of carboxylic acid groups (broad SMARTS) is 1. The minimum absolute atomic E-state index is 0.394. The molecule has 4 nitrogen and oxygen atoms in total. The Morgan fingerprint density at radius 3 is 2.62 bits per heavy atom. The molecule has 0 radical (unpaired) electrons. The van der Waals surface area contributed by atoms with Crippen LogP contribution in [0.15, 0.2) is 24.3 Å². The van der Waals surface area contributed by atoms with Crippen LogP contribution in [0.2, 0.25) is 10.0 Å². The molecule has 0 bridgehead atoms. The van der Waals surface area contributed by atoms with Crippen molar-refractivity contribution in [2.75, 3.05) is 0 Å². The van der Waals surface area contributed by atoms with Gasteiger partial charge in [0.1, 0.15) is 6.04 Å². The van der Waals surface area contributed by atoms with Crippen LogP contribution < -0.4 is 5.32 Å². The average Bonchev–Trinajstić information content (AvgIpc) is 2.44. The molecule has 1 rings (SSSR count). The second-order valence-corrected chi connectivity index (χ2v) is 5.36. The molecular formula is C15H17Cl2NO3. The maximum absolute atomic E-state index is 11.7. The molecule has 0 fully saturated rings. The van der Waals surface area contributed by atoms with Gasteiger partial charge in [0.25, 0.3) is 0 Å². The standard InChI is InChI=1S/C15H17Cl2NO3/c1-2-3-4-13(15(20)21)18-14(19)8-6-10-5-7-11(16)12(17)9-10/h5-9,13H,2-4H2,1H3,(H,18,19)(H,20,21)/b8-6+/t13-/m0/s1. The number of hydrogen-bond donors (Lipinski definition) is 2. The normalized spacial score (nSPS) is 12.3. The van der Waals surface area contributed by atoms with Crippen LogP contribution in [0.1, 0.15) is 31.7 Å². The fraction of sp³-hybridized carbons (Fsp3) is 0.333. The van der Waals surface area contributed by atoms with Crippen LogP contribution >= 0.6 is 23.2 Å². The molecule has 1 atom stereocenters. The minimum Gasteiger partial charge on any atom is -0.480 e. The number of rotatable bonds is 7. The quantitative estimate of drug-likeness (QED) is 0.748. The first kappa shape index (κ1) is 17.5. The number of unbranched alkanes of at least 4 members (excludes halogenated alkanes) is 1. The van der Waals surface area contributed by atoms with Crippen molar-refractivity contribution in [3.8, 4) is 0 Å². The first-order valence-corrected chi connectivity index (χ1v) is 7.36. The molecule has 1 amide bonds. The Kier molecular flexibility index (Phi) is 7.26. The summed E-state index contributed by atoms with van der Waals surface area (Å²) in [5, 5.41) is 12.3. The van der Waals surface area contributed by atoms with Gasteiger partial charge < -0.3 is 10.4 Å². The number of carbonyl (C=O) groups is 2. The molecule has 114 valence electrons. The van der Waals surface area contributed by atoms with Crippen molar-refractivity contribution in [3.05, 3.63) is 39.9 Å². The van der Waals surface area contributed by atoms with Gasteiger partial charge >= 0.3 is 5.97 Å². The molecule has 2 N–H and O–H groups in total. The average molecular weight is 330 g/mol. The Hall–Kier alpha value is -1.52. The summed E-state index contributed by atoms with van der Waals surface area (Å²) >= 11 is 11.7. The van der Waals surface area contributed by atoms with Crippen LogP contribution in [-0.2, 0) is 9.59 Å². The maximum atomic E-state index is 11.7. The highest BCUT2D eigenvalue weighted by Gasteiger charge is 2.17. The van der Waals surface area contributed by atoms with Crippen LogP contribution in [0.4, 0.5) is 0 Å². The van der Waals surface area contributed by atoms with Crippen molar-refractivity contribution in [1.82, 2.24) is 5.32 Å². The molecule has 0 heterocycles. The molecular weight excluding hydrogens is 313 g/mol. The fourth-order valence-corrected chi connectivity index (χ4v) is 1.98. The Bertz CT molecular complexity index is 544. The lowest BCUT2D eigenvalue weighted by atomic mass is 10.1. The van der Waals surface area contributed by atoms with Gasteiger partial charge in [-0.15, -0.1) is 0 Å². The van der Waals surface area contributed by atoms with Gasteiger partial charge in [-0.2, -0.15) is 0 Å². The second-order valence-electron chi connectivity index (χ2n) is 4.55. The van der Waals surface area contributed by atoms with E-state index in [2.05, 4.69) is 5.32 Å². The SMILES string of the molecule is CCCC[C@H](NC(=O)/C=C/c1ccc(Cl)c(Cl)c1)C(=O)O. The molecule has 0 aliphatic heterocycles. The summed E-state index contributed by atoms with van der Waals surface area (Å²) in [6.07, 6.45) is 4.86. The molecule has 21 heavy (non-hydrogen) atoms. The van der Waals surface area contributed by atoms with Crippen molar-refractivity contribution in [3.63, 3.8) is 0 Å². The monoisotopic (exact) mass is 329 g/mol. The van der Waals surface area contributed by atoms with Crippen molar-refractivity contribution < 1.29 is 14.7 Å². The van der Waals surface area contributed by atoms with Crippen LogP contribution in [-0.4, -0.2) is 23.0 Å². The molecule has 0 unspecified atom stereocenters. The number of benzene rings is 1. The predicted octanol–water partition coefficient (Wildman–Crippen LogP) is 3.77. The van der Waals surface area contributed by atoms with Gasteiger partial charge in [-0.1, -0.05) is 49.0 Å². The third-order valence-corrected chi connectivity index (χ3v) is 3.57. The van der Waals surface area contributed by atoms with E-state index in [4.69, 9.17) is 28.3 Å².